The predicted octanol–water partition coefficient (Wildman–Crippen LogP) is 2.69. The molecule has 1 N–H and O–H groups in total. The van der Waals surface area contributed by atoms with E-state index in [2.05, 4.69) is 10.1 Å². The molecule has 3 aromatic rings. The zero-order valence-electron chi connectivity index (χ0n) is 10.7. The van der Waals surface area contributed by atoms with Crippen molar-refractivity contribution in [2.75, 3.05) is 7.11 Å². The Balaban J connectivity index is 2.17. The highest BCUT2D eigenvalue weighted by molar-refractivity contribution is 6.32. The largest absolute Gasteiger partial charge is 0.364 e. The number of aromatic nitrogens is 3. The van der Waals surface area contributed by atoms with E-state index in [-0.39, 0.29) is 0 Å². The Labute approximate surface area is 120 Å². The maximum absolute atomic E-state index is 9.82. The van der Waals surface area contributed by atoms with Crippen molar-refractivity contribution in [1.82, 2.24) is 14.6 Å². The van der Waals surface area contributed by atoms with Crippen LogP contribution in [0, 0.1) is 0 Å². The summed E-state index contributed by atoms with van der Waals surface area (Å²) in [4.78, 5) is 4.07. The average Bonchev–Trinajstić information content (AvgIpc) is 2.90. The third-order valence-corrected chi connectivity index (χ3v) is 3.41. The molecule has 0 aromatic carbocycles. The van der Waals surface area contributed by atoms with Crippen LogP contribution in [0.2, 0.25) is 5.15 Å². The van der Waals surface area contributed by atoms with Crippen molar-refractivity contribution < 1.29 is 9.84 Å². The van der Waals surface area contributed by atoms with E-state index in [0.717, 1.165) is 16.6 Å². The number of aliphatic hydroxyl groups is 1. The van der Waals surface area contributed by atoms with Gasteiger partial charge >= 0.3 is 0 Å². The van der Waals surface area contributed by atoms with Crippen LogP contribution < -0.4 is 0 Å². The maximum atomic E-state index is 9.82. The Bertz CT molecular complexity index is 757. The fourth-order valence-electron chi connectivity index (χ4n) is 2.09. The van der Waals surface area contributed by atoms with Gasteiger partial charge in [0.05, 0.1) is 17.3 Å². The van der Waals surface area contributed by atoms with Gasteiger partial charge in [0.25, 0.3) is 0 Å². The van der Waals surface area contributed by atoms with Crippen LogP contribution in [0.1, 0.15) is 11.9 Å². The molecule has 0 aliphatic rings. The van der Waals surface area contributed by atoms with Crippen molar-refractivity contribution in [1.29, 1.82) is 0 Å². The number of halogens is 1. The van der Waals surface area contributed by atoms with Gasteiger partial charge in [-0.05, 0) is 29.8 Å². The van der Waals surface area contributed by atoms with Gasteiger partial charge in [0.2, 0.25) is 0 Å². The molecule has 5 nitrogen and oxygen atoms in total. The number of nitrogens with zero attached hydrogens (tertiary/aromatic N) is 3. The van der Waals surface area contributed by atoms with Crippen molar-refractivity contribution in [2.45, 2.75) is 6.29 Å². The maximum Gasteiger partial charge on any atom is 0.184 e. The quantitative estimate of drug-likeness (QED) is 0.595. The number of methoxy groups -OCH3 is 1. The predicted molar refractivity (Wildman–Crippen MR) is 75.4 cm³/mol. The van der Waals surface area contributed by atoms with Gasteiger partial charge in [-0.25, -0.2) is 9.50 Å². The highest BCUT2D eigenvalue weighted by atomic mass is 35.5. The molecule has 0 amide bonds. The molecule has 0 aliphatic heterocycles. The molecule has 1 atom stereocenters. The van der Waals surface area contributed by atoms with Gasteiger partial charge < -0.3 is 9.84 Å². The number of hydrogen-bond donors (Lipinski definition) is 1. The molecule has 102 valence electrons. The van der Waals surface area contributed by atoms with E-state index in [4.69, 9.17) is 16.3 Å². The number of hydrogen-bond acceptors (Lipinski definition) is 4. The molecule has 0 saturated heterocycles. The first-order valence-electron chi connectivity index (χ1n) is 5.99. The second-order valence-corrected chi connectivity index (χ2v) is 4.63. The SMILES string of the molecule is CO[C@@H](O)c1cnn2ccc(-c3cccnc3Cl)cc12. The van der Waals surface area contributed by atoms with E-state index < -0.39 is 6.29 Å². The number of pyridine rings is 2. The Morgan fingerprint density at radius 3 is 3.00 bits per heavy atom. The lowest BCUT2D eigenvalue weighted by Gasteiger charge is -2.08. The van der Waals surface area contributed by atoms with Crippen molar-refractivity contribution >= 4 is 17.1 Å². The summed E-state index contributed by atoms with van der Waals surface area (Å²) < 4.78 is 6.61. The standard InChI is InChI=1S/C14H12ClN3O2/c1-20-14(19)11-8-17-18-6-4-9(7-12(11)18)10-3-2-5-16-13(10)15/h2-8,14,19H,1H3/t14-/m1/s1. The summed E-state index contributed by atoms with van der Waals surface area (Å²) in [7, 11) is 1.44. The molecule has 0 fully saturated rings. The zero-order chi connectivity index (χ0) is 14.1. The van der Waals surface area contributed by atoms with Gasteiger partial charge in [-0.2, -0.15) is 5.10 Å². The van der Waals surface area contributed by atoms with Crippen LogP contribution in [-0.2, 0) is 4.74 Å². The number of fused-ring (bicyclic) bond motifs is 1. The Hall–Kier alpha value is -1.95. The van der Waals surface area contributed by atoms with Crippen LogP contribution in [0.4, 0.5) is 0 Å². The van der Waals surface area contributed by atoms with Gasteiger partial charge in [-0.15, -0.1) is 0 Å². The monoisotopic (exact) mass is 289 g/mol. The summed E-state index contributed by atoms with van der Waals surface area (Å²) in [6.45, 7) is 0. The molecule has 3 heterocycles. The van der Waals surface area contributed by atoms with Gasteiger partial charge in [-0.3, -0.25) is 0 Å². The summed E-state index contributed by atoms with van der Waals surface area (Å²) in [6, 6.07) is 7.51. The van der Waals surface area contributed by atoms with Crippen molar-refractivity contribution in [3.63, 3.8) is 0 Å². The Kier molecular flexibility index (Phi) is 3.40. The van der Waals surface area contributed by atoms with Gasteiger partial charge in [0, 0.05) is 25.1 Å². The van der Waals surface area contributed by atoms with Crippen LogP contribution in [-0.4, -0.2) is 26.8 Å². The molecule has 0 spiro atoms. The summed E-state index contributed by atoms with van der Waals surface area (Å²) in [6.07, 6.45) is 4.02. The topological polar surface area (TPSA) is 59.7 Å². The second-order valence-electron chi connectivity index (χ2n) is 4.27. The molecule has 6 heteroatoms. The first kappa shape index (κ1) is 13.1. The second kappa shape index (κ2) is 5.20. The highest BCUT2D eigenvalue weighted by Gasteiger charge is 2.14. The molecule has 20 heavy (non-hydrogen) atoms. The molecule has 3 aromatic heterocycles. The lowest BCUT2D eigenvalue weighted by atomic mass is 10.1. The summed E-state index contributed by atoms with van der Waals surface area (Å²) in [5, 5.41) is 14.4. The zero-order valence-corrected chi connectivity index (χ0v) is 11.4. The lowest BCUT2D eigenvalue weighted by molar-refractivity contribution is -0.0759. The van der Waals surface area contributed by atoms with Gasteiger partial charge in [0.1, 0.15) is 5.15 Å². The fraction of sp³-hybridized carbons (Fsp3) is 0.143. The van der Waals surface area contributed by atoms with E-state index in [1.165, 1.54) is 7.11 Å². The van der Waals surface area contributed by atoms with Gasteiger partial charge in [-0.1, -0.05) is 11.6 Å². The first-order valence-corrected chi connectivity index (χ1v) is 6.37. The van der Waals surface area contributed by atoms with Crippen molar-refractivity contribution in [3.8, 4) is 11.1 Å². The van der Waals surface area contributed by atoms with E-state index in [0.29, 0.717) is 10.7 Å². The van der Waals surface area contributed by atoms with Crippen LogP contribution in [0.3, 0.4) is 0 Å². The number of aliphatic hydroxyl groups excluding tert-OH is 1. The van der Waals surface area contributed by atoms with Crippen molar-refractivity contribution in [3.05, 3.63) is 53.6 Å². The normalized spacial score (nSPS) is 12.8. The van der Waals surface area contributed by atoms with Crippen LogP contribution in [0.5, 0.6) is 0 Å². The van der Waals surface area contributed by atoms with E-state index in [1.807, 2.05) is 24.3 Å². The minimum atomic E-state index is -1.01. The minimum absolute atomic E-state index is 0.435. The molecule has 0 saturated carbocycles. The number of rotatable bonds is 3. The molecule has 3 rings (SSSR count). The fourth-order valence-corrected chi connectivity index (χ4v) is 2.31. The van der Waals surface area contributed by atoms with Crippen LogP contribution in [0.25, 0.3) is 16.6 Å². The van der Waals surface area contributed by atoms with Crippen molar-refractivity contribution in [2.24, 2.45) is 0 Å². The summed E-state index contributed by atoms with van der Waals surface area (Å²) in [5.74, 6) is 0. The lowest BCUT2D eigenvalue weighted by Crippen LogP contribution is -1.99. The molecule has 0 bridgehead atoms. The molecular weight excluding hydrogens is 278 g/mol. The van der Waals surface area contributed by atoms with E-state index in [1.54, 1.807) is 23.1 Å². The van der Waals surface area contributed by atoms with E-state index >= 15 is 0 Å². The molecule has 0 aliphatic carbocycles. The molecule has 0 unspecified atom stereocenters. The third kappa shape index (κ3) is 2.16. The number of ether oxygens (including phenoxy) is 1. The van der Waals surface area contributed by atoms with Crippen LogP contribution in [0.15, 0.2) is 42.9 Å². The summed E-state index contributed by atoms with van der Waals surface area (Å²) >= 11 is 6.11. The molecule has 0 radical (unpaired) electrons. The van der Waals surface area contributed by atoms with E-state index in [9.17, 15) is 5.11 Å². The minimum Gasteiger partial charge on any atom is -0.364 e. The average molecular weight is 290 g/mol. The Morgan fingerprint density at radius 2 is 2.25 bits per heavy atom. The Morgan fingerprint density at radius 1 is 1.40 bits per heavy atom. The smallest absolute Gasteiger partial charge is 0.184 e. The van der Waals surface area contributed by atoms with Crippen LogP contribution >= 0.6 is 11.6 Å². The molecular formula is C14H12ClN3O2. The van der Waals surface area contributed by atoms with Gasteiger partial charge in [0.15, 0.2) is 6.29 Å². The summed E-state index contributed by atoms with van der Waals surface area (Å²) in [5.41, 5.74) is 3.10. The first-order chi connectivity index (χ1) is 9.70. The highest BCUT2D eigenvalue weighted by Crippen LogP contribution is 2.28. The third-order valence-electron chi connectivity index (χ3n) is 3.11.